The molecule has 112 valence electrons. The second kappa shape index (κ2) is 6.17. The molecule has 5 N–H and O–H groups in total. The molecular weight excluding hydrogens is 285 g/mol. The fourth-order valence-electron chi connectivity index (χ4n) is 2.13. The van der Waals surface area contributed by atoms with Crippen LogP contribution >= 0.6 is 0 Å². The van der Waals surface area contributed by atoms with E-state index in [0.29, 0.717) is 11.1 Å². The van der Waals surface area contributed by atoms with Gasteiger partial charge in [0.1, 0.15) is 5.82 Å². The van der Waals surface area contributed by atoms with Crippen LogP contribution in [0.15, 0.2) is 42.5 Å². The SMILES string of the molecule is N=C(Cc1ccc(F)c(C(N)=O)c1)c1ccccc1C(N)=O. The fourth-order valence-corrected chi connectivity index (χ4v) is 2.13. The number of primary amides is 2. The number of benzene rings is 2. The maximum absolute atomic E-state index is 13.4. The molecule has 0 fully saturated rings. The summed E-state index contributed by atoms with van der Waals surface area (Å²) in [6.07, 6.45) is 0.116. The zero-order valence-electron chi connectivity index (χ0n) is 11.6. The molecule has 0 aromatic heterocycles. The summed E-state index contributed by atoms with van der Waals surface area (Å²) < 4.78 is 13.4. The van der Waals surface area contributed by atoms with E-state index in [0.717, 1.165) is 6.07 Å². The molecule has 2 amide bonds. The highest BCUT2D eigenvalue weighted by molar-refractivity contribution is 6.09. The Bertz CT molecular complexity index is 772. The summed E-state index contributed by atoms with van der Waals surface area (Å²) >= 11 is 0. The molecule has 0 saturated heterocycles. The van der Waals surface area contributed by atoms with Gasteiger partial charge in [0, 0.05) is 23.3 Å². The minimum Gasteiger partial charge on any atom is -0.366 e. The summed E-state index contributed by atoms with van der Waals surface area (Å²) in [4.78, 5) is 22.5. The van der Waals surface area contributed by atoms with Crippen molar-refractivity contribution in [3.8, 4) is 0 Å². The molecule has 0 bridgehead atoms. The summed E-state index contributed by atoms with van der Waals surface area (Å²) in [7, 11) is 0. The van der Waals surface area contributed by atoms with Crippen LogP contribution in [-0.2, 0) is 6.42 Å². The Morgan fingerprint density at radius 1 is 0.955 bits per heavy atom. The molecule has 0 heterocycles. The Labute approximate surface area is 126 Å². The lowest BCUT2D eigenvalue weighted by molar-refractivity contribution is 0.0989. The number of amides is 2. The van der Waals surface area contributed by atoms with Crippen LogP contribution in [0.1, 0.15) is 31.8 Å². The smallest absolute Gasteiger partial charge is 0.251 e. The highest BCUT2D eigenvalue weighted by atomic mass is 19.1. The van der Waals surface area contributed by atoms with Gasteiger partial charge in [0.2, 0.25) is 5.91 Å². The van der Waals surface area contributed by atoms with E-state index in [1.54, 1.807) is 18.2 Å². The van der Waals surface area contributed by atoms with Crippen molar-refractivity contribution in [1.82, 2.24) is 0 Å². The van der Waals surface area contributed by atoms with Crippen LogP contribution in [0, 0.1) is 11.2 Å². The van der Waals surface area contributed by atoms with Crippen LogP contribution in [0.25, 0.3) is 0 Å². The van der Waals surface area contributed by atoms with E-state index in [1.165, 1.54) is 18.2 Å². The molecule has 0 aliphatic heterocycles. The van der Waals surface area contributed by atoms with Gasteiger partial charge in [-0.1, -0.05) is 24.3 Å². The molecule has 0 aliphatic rings. The Balaban J connectivity index is 2.32. The third kappa shape index (κ3) is 3.17. The summed E-state index contributed by atoms with van der Waals surface area (Å²) in [6.45, 7) is 0. The average molecular weight is 299 g/mol. The number of nitrogens with two attached hydrogens (primary N) is 2. The summed E-state index contributed by atoms with van der Waals surface area (Å²) in [6, 6.07) is 10.4. The van der Waals surface area contributed by atoms with Crippen LogP contribution in [0.4, 0.5) is 4.39 Å². The molecule has 5 nitrogen and oxygen atoms in total. The number of halogens is 1. The molecule has 0 spiro atoms. The van der Waals surface area contributed by atoms with E-state index in [4.69, 9.17) is 16.9 Å². The van der Waals surface area contributed by atoms with Gasteiger partial charge in [0.25, 0.3) is 5.91 Å². The number of hydrogen-bond acceptors (Lipinski definition) is 3. The van der Waals surface area contributed by atoms with Gasteiger partial charge in [-0.25, -0.2) is 4.39 Å². The van der Waals surface area contributed by atoms with Gasteiger partial charge < -0.3 is 16.9 Å². The van der Waals surface area contributed by atoms with E-state index in [-0.39, 0.29) is 23.3 Å². The maximum Gasteiger partial charge on any atom is 0.251 e. The van der Waals surface area contributed by atoms with Crippen LogP contribution in [0.5, 0.6) is 0 Å². The van der Waals surface area contributed by atoms with E-state index < -0.39 is 17.6 Å². The molecule has 2 rings (SSSR count). The Morgan fingerprint density at radius 2 is 1.55 bits per heavy atom. The van der Waals surface area contributed by atoms with Crippen LogP contribution in [0.2, 0.25) is 0 Å². The molecule has 0 atom stereocenters. The highest BCUT2D eigenvalue weighted by Crippen LogP contribution is 2.15. The van der Waals surface area contributed by atoms with Gasteiger partial charge >= 0.3 is 0 Å². The number of carbonyl (C=O) groups excluding carboxylic acids is 2. The van der Waals surface area contributed by atoms with Gasteiger partial charge in [-0.2, -0.15) is 0 Å². The molecule has 0 unspecified atom stereocenters. The predicted molar refractivity (Wildman–Crippen MR) is 80.4 cm³/mol. The molecule has 0 aliphatic carbocycles. The first kappa shape index (κ1) is 15.4. The third-order valence-corrected chi connectivity index (χ3v) is 3.19. The molecule has 0 radical (unpaired) electrons. The highest BCUT2D eigenvalue weighted by Gasteiger charge is 2.14. The van der Waals surface area contributed by atoms with Crippen molar-refractivity contribution >= 4 is 17.5 Å². The second-order valence-electron chi connectivity index (χ2n) is 4.74. The zero-order chi connectivity index (χ0) is 16.3. The molecule has 6 heteroatoms. The van der Waals surface area contributed by atoms with Crippen LogP contribution < -0.4 is 11.5 Å². The Kier molecular flexibility index (Phi) is 4.31. The third-order valence-electron chi connectivity index (χ3n) is 3.19. The van der Waals surface area contributed by atoms with Crippen LogP contribution in [-0.4, -0.2) is 17.5 Å². The molecule has 2 aromatic rings. The summed E-state index contributed by atoms with van der Waals surface area (Å²) in [5.41, 5.74) is 11.5. The molecular formula is C16H14FN3O2. The van der Waals surface area contributed by atoms with E-state index in [2.05, 4.69) is 0 Å². The van der Waals surface area contributed by atoms with Gasteiger partial charge in [0.05, 0.1) is 5.56 Å². The van der Waals surface area contributed by atoms with Gasteiger partial charge in [-0.3, -0.25) is 9.59 Å². The van der Waals surface area contributed by atoms with Gasteiger partial charge in [-0.15, -0.1) is 0 Å². The minimum atomic E-state index is -0.872. The number of hydrogen-bond donors (Lipinski definition) is 3. The normalized spacial score (nSPS) is 10.2. The Morgan fingerprint density at radius 3 is 2.14 bits per heavy atom. The lowest BCUT2D eigenvalue weighted by Gasteiger charge is -2.09. The summed E-state index contributed by atoms with van der Waals surface area (Å²) in [5.74, 6) is -2.21. The van der Waals surface area contributed by atoms with Gasteiger partial charge in [-0.05, 0) is 23.8 Å². The first-order chi connectivity index (χ1) is 10.4. The summed E-state index contributed by atoms with van der Waals surface area (Å²) in [5, 5.41) is 8.12. The van der Waals surface area contributed by atoms with Crippen molar-refractivity contribution in [2.75, 3.05) is 0 Å². The average Bonchev–Trinajstić information content (AvgIpc) is 2.48. The quantitative estimate of drug-likeness (QED) is 0.729. The Hall–Kier alpha value is -3.02. The van der Waals surface area contributed by atoms with Gasteiger partial charge in [0.15, 0.2) is 0 Å². The lowest BCUT2D eigenvalue weighted by Crippen LogP contribution is -2.17. The number of carbonyl (C=O) groups is 2. The van der Waals surface area contributed by atoms with Crippen molar-refractivity contribution in [2.45, 2.75) is 6.42 Å². The molecule has 22 heavy (non-hydrogen) atoms. The standard InChI is InChI=1S/C16H14FN3O2/c17-13-6-5-9(7-12(13)16(20)22)8-14(18)10-3-1-2-4-11(10)15(19)21/h1-7,18H,8H2,(H2,19,21)(H2,20,22). The number of nitrogens with one attached hydrogen (secondary N) is 1. The predicted octanol–water partition coefficient (Wildman–Crippen LogP) is 1.63. The second-order valence-corrected chi connectivity index (χ2v) is 4.74. The first-order valence-electron chi connectivity index (χ1n) is 6.45. The van der Waals surface area contributed by atoms with Crippen molar-refractivity contribution in [1.29, 1.82) is 5.41 Å². The monoisotopic (exact) mass is 299 g/mol. The minimum absolute atomic E-state index is 0.116. The van der Waals surface area contributed by atoms with Crippen LogP contribution in [0.3, 0.4) is 0 Å². The van der Waals surface area contributed by atoms with E-state index >= 15 is 0 Å². The van der Waals surface area contributed by atoms with E-state index in [9.17, 15) is 14.0 Å². The molecule has 0 saturated carbocycles. The lowest BCUT2D eigenvalue weighted by atomic mass is 9.96. The largest absolute Gasteiger partial charge is 0.366 e. The van der Waals surface area contributed by atoms with Crippen molar-refractivity contribution < 1.29 is 14.0 Å². The van der Waals surface area contributed by atoms with E-state index in [1.807, 2.05) is 0 Å². The van der Waals surface area contributed by atoms with Crippen molar-refractivity contribution in [3.63, 3.8) is 0 Å². The number of rotatable bonds is 5. The first-order valence-corrected chi connectivity index (χ1v) is 6.45. The zero-order valence-corrected chi connectivity index (χ0v) is 11.6. The van der Waals surface area contributed by atoms with Crippen molar-refractivity contribution in [2.24, 2.45) is 11.5 Å². The van der Waals surface area contributed by atoms with Crippen molar-refractivity contribution in [3.05, 3.63) is 70.5 Å². The molecule has 2 aromatic carbocycles. The topological polar surface area (TPSA) is 110 Å². The fraction of sp³-hybridized carbons (Fsp3) is 0.0625. The maximum atomic E-state index is 13.4.